The fourth-order valence-corrected chi connectivity index (χ4v) is 5.07. The third-order valence-electron chi connectivity index (χ3n) is 7.61. The molecular formula is C29H31F4N5O4. The number of likely N-dealkylation sites (N-methyl/N-ethyl adjacent to an activating group) is 1. The smallest absolute Gasteiger partial charge is 0.417 e. The molecule has 224 valence electrons. The van der Waals surface area contributed by atoms with Crippen molar-refractivity contribution < 1.29 is 31.8 Å². The van der Waals surface area contributed by atoms with E-state index in [0.717, 1.165) is 19.0 Å². The molecule has 42 heavy (non-hydrogen) atoms. The van der Waals surface area contributed by atoms with Gasteiger partial charge in [0.2, 0.25) is 11.4 Å². The van der Waals surface area contributed by atoms with E-state index in [1.807, 2.05) is 18.9 Å². The quantitative estimate of drug-likeness (QED) is 0.407. The van der Waals surface area contributed by atoms with Crippen LogP contribution in [0.1, 0.15) is 35.7 Å². The standard InChI is InChI=1S/C29H31F4N5O4/c1-17-16-38(8-7-37(17)2)25-13-23(30)20(18-3-4-27(35-14-18)42-19-5-9-41-10-6-19)11-24(25)36-28(40)21-15-34-26(39)12-22(21)29(31,32)33/h3-4,11-15,17,19H,5-10,16H2,1-2H3,(H,34,39)(H,36,40)/t17-/m0/s1. The molecule has 2 fully saturated rings. The number of aromatic amines is 1. The van der Waals surface area contributed by atoms with Crippen LogP contribution in [0.4, 0.5) is 28.9 Å². The Bertz CT molecular complexity index is 1490. The average molecular weight is 590 g/mol. The topological polar surface area (TPSA) is 99.8 Å². The molecule has 9 nitrogen and oxygen atoms in total. The number of carbonyl (C=O) groups is 1. The van der Waals surface area contributed by atoms with Gasteiger partial charge in [-0.05, 0) is 32.2 Å². The van der Waals surface area contributed by atoms with E-state index in [-0.39, 0.29) is 23.4 Å². The van der Waals surface area contributed by atoms with Crippen molar-refractivity contribution >= 4 is 17.3 Å². The first-order chi connectivity index (χ1) is 20.0. The molecule has 3 aromatic rings. The summed E-state index contributed by atoms with van der Waals surface area (Å²) in [5.41, 5.74) is -2.19. The lowest BCUT2D eigenvalue weighted by molar-refractivity contribution is -0.138. The van der Waals surface area contributed by atoms with E-state index in [2.05, 4.69) is 20.2 Å². The molecule has 2 aliphatic heterocycles. The highest BCUT2D eigenvalue weighted by molar-refractivity contribution is 6.07. The largest absolute Gasteiger partial charge is 0.474 e. The fourth-order valence-electron chi connectivity index (χ4n) is 5.07. The minimum absolute atomic E-state index is 0.0320. The van der Waals surface area contributed by atoms with Crippen LogP contribution in [0.5, 0.6) is 5.88 Å². The summed E-state index contributed by atoms with van der Waals surface area (Å²) in [7, 11) is 1.96. The van der Waals surface area contributed by atoms with E-state index in [0.29, 0.717) is 56.0 Å². The van der Waals surface area contributed by atoms with Crippen LogP contribution in [0.15, 0.2) is 47.5 Å². The van der Waals surface area contributed by atoms with Gasteiger partial charge >= 0.3 is 6.18 Å². The summed E-state index contributed by atoms with van der Waals surface area (Å²) >= 11 is 0. The molecule has 2 saturated heterocycles. The van der Waals surface area contributed by atoms with Gasteiger partial charge in [-0.25, -0.2) is 9.37 Å². The molecule has 1 atom stereocenters. The first-order valence-electron chi connectivity index (χ1n) is 13.6. The average Bonchev–Trinajstić information content (AvgIpc) is 2.96. The Balaban J connectivity index is 1.49. The molecular weight excluding hydrogens is 558 g/mol. The van der Waals surface area contributed by atoms with Gasteiger partial charge in [0, 0.05) is 74.2 Å². The van der Waals surface area contributed by atoms with Crippen molar-refractivity contribution in [2.75, 3.05) is 50.1 Å². The van der Waals surface area contributed by atoms with E-state index >= 15 is 4.39 Å². The normalized spacial score (nSPS) is 18.6. The number of aromatic nitrogens is 2. The maximum atomic E-state index is 15.6. The lowest BCUT2D eigenvalue weighted by Crippen LogP contribution is -2.50. The molecule has 2 aliphatic rings. The van der Waals surface area contributed by atoms with E-state index in [1.54, 1.807) is 12.1 Å². The number of amides is 1. The summed E-state index contributed by atoms with van der Waals surface area (Å²) < 4.78 is 67.9. The minimum Gasteiger partial charge on any atom is -0.474 e. The Morgan fingerprint density at radius 2 is 1.93 bits per heavy atom. The summed E-state index contributed by atoms with van der Waals surface area (Å²) in [4.78, 5) is 35.3. The van der Waals surface area contributed by atoms with E-state index in [9.17, 15) is 22.8 Å². The monoisotopic (exact) mass is 589 g/mol. The summed E-state index contributed by atoms with van der Waals surface area (Å²) in [5, 5.41) is 2.55. The molecule has 1 amide bonds. The van der Waals surface area contributed by atoms with Crippen LogP contribution >= 0.6 is 0 Å². The predicted molar refractivity (Wildman–Crippen MR) is 148 cm³/mol. The maximum absolute atomic E-state index is 15.6. The zero-order valence-corrected chi connectivity index (χ0v) is 23.1. The molecule has 13 heteroatoms. The number of benzene rings is 1. The number of nitrogens with one attached hydrogen (secondary N) is 2. The molecule has 5 rings (SSSR count). The maximum Gasteiger partial charge on any atom is 0.417 e. The van der Waals surface area contributed by atoms with Crippen LogP contribution in [0, 0.1) is 5.82 Å². The highest BCUT2D eigenvalue weighted by atomic mass is 19.4. The summed E-state index contributed by atoms with van der Waals surface area (Å²) in [6.07, 6.45) is -1.33. The summed E-state index contributed by atoms with van der Waals surface area (Å²) in [6.45, 7) is 4.88. The van der Waals surface area contributed by atoms with Crippen molar-refractivity contribution in [1.29, 1.82) is 0 Å². The third-order valence-corrected chi connectivity index (χ3v) is 7.61. The molecule has 0 unspecified atom stereocenters. The van der Waals surface area contributed by atoms with Crippen molar-refractivity contribution in [2.45, 2.75) is 38.1 Å². The van der Waals surface area contributed by atoms with Crippen LogP contribution in [0.3, 0.4) is 0 Å². The first-order valence-corrected chi connectivity index (χ1v) is 13.6. The predicted octanol–water partition coefficient (Wildman–Crippen LogP) is 4.55. The number of anilines is 2. The van der Waals surface area contributed by atoms with E-state index in [1.165, 1.54) is 18.3 Å². The molecule has 0 saturated carbocycles. The second-order valence-electron chi connectivity index (χ2n) is 10.5. The van der Waals surface area contributed by atoms with Crippen LogP contribution in [-0.4, -0.2) is 72.8 Å². The van der Waals surface area contributed by atoms with Gasteiger partial charge in [-0.15, -0.1) is 0 Å². The number of carbonyl (C=O) groups excluding carboxylic acids is 1. The zero-order valence-electron chi connectivity index (χ0n) is 23.1. The number of piperazine rings is 1. The van der Waals surface area contributed by atoms with E-state index < -0.39 is 34.6 Å². The van der Waals surface area contributed by atoms with Crippen molar-refractivity contribution in [2.24, 2.45) is 0 Å². The number of rotatable bonds is 6. The number of ether oxygens (including phenoxy) is 2. The molecule has 4 heterocycles. The summed E-state index contributed by atoms with van der Waals surface area (Å²) in [6, 6.07) is 6.35. The second kappa shape index (κ2) is 12.1. The Morgan fingerprint density at radius 3 is 2.60 bits per heavy atom. The molecule has 0 bridgehead atoms. The Morgan fingerprint density at radius 1 is 1.17 bits per heavy atom. The lowest BCUT2D eigenvalue weighted by atomic mass is 10.0. The SMILES string of the molecule is C[C@H]1CN(c2cc(F)c(-c3ccc(OC4CCOCC4)nc3)cc2NC(=O)c2c[nH]c(=O)cc2C(F)(F)F)CCN1C. The van der Waals surface area contributed by atoms with Gasteiger partial charge in [0.15, 0.2) is 0 Å². The zero-order chi connectivity index (χ0) is 30.0. The number of alkyl halides is 3. The number of H-pyrrole nitrogens is 1. The van der Waals surface area contributed by atoms with Gasteiger partial charge in [-0.3, -0.25) is 9.59 Å². The van der Waals surface area contributed by atoms with Crippen molar-refractivity contribution in [3.8, 4) is 17.0 Å². The Hall–Kier alpha value is -3.97. The van der Waals surface area contributed by atoms with Crippen molar-refractivity contribution in [3.63, 3.8) is 0 Å². The fraction of sp³-hybridized carbons (Fsp3) is 0.414. The number of hydrogen-bond donors (Lipinski definition) is 2. The molecule has 0 spiro atoms. The van der Waals surface area contributed by atoms with Gasteiger partial charge in [0.1, 0.15) is 11.9 Å². The van der Waals surface area contributed by atoms with Gasteiger partial charge in [0.25, 0.3) is 5.91 Å². The molecule has 2 aromatic heterocycles. The molecule has 0 radical (unpaired) electrons. The highest BCUT2D eigenvalue weighted by Gasteiger charge is 2.36. The number of nitrogens with zero attached hydrogens (tertiary/aromatic N) is 3. The lowest BCUT2D eigenvalue weighted by Gasteiger charge is -2.39. The Labute approximate surface area is 239 Å². The Kier molecular flexibility index (Phi) is 8.50. The minimum atomic E-state index is -4.94. The molecule has 2 N–H and O–H groups in total. The highest BCUT2D eigenvalue weighted by Crippen LogP contribution is 2.37. The van der Waals surface area contributed by atoms with Crippen LogP contribution in [0.2, 0.25) is 0 Å². The van der Waals surface area contributed by atoms with Crippen molar-refractivity contribution in [3.05, 3.63) is 70.0 Å². The number of hydrogen-bond acceptors (Lipinski definition) is 7. The van der Waals surface area contributed by atoms with Crippen LogP contribution < -0.4 is 20.5 Å². The van der Waals surface area contributed by atoms with Crippen LogP contribution in [0.25, 0.3) is 11.1 Å². The number of pyridine rings is 2. The second-order valence-corrected chi connectivity index (χ2v) is 10.5. The van der Waals surface area contributed by atoms with Gasteiger partial charge in [-0.2, -0.15) is 13.2 Å². The summed E-state index contributed by atoms with van der Waals surface area (Å²) in [5.74, 6) is -1.31. The van der Waals surface area contributed by atoms with Gasteiger partial charge in [-0.1, -0.05) is 0 Å². The third kappa shape index (κ3) is 6.57. The van der Waals surface area contributed by atoms with E-state index in [4.69, 9.17) is 9.47 Å². The van der Waals surface area contributed by atoms with Gasteiger partial charge < -0.3 is 29.6 Å². The van der Waals surface area contributed by atoms with Gasteiger partial charge in [0.05, 0.1) is 35.7 Å². The van der Waals surface area contributed by atoms with Crippen molar-refractivity contribution in [1.82, 2.24) is 14.9 Å². The number of halogens is 4. The molecule has 0 aliphatic carbocycles. The van der Waals surface area contributed by atoms with Crippen LogP contribution in [-0.2, 0) is 10.9 Å². The molecule has 1 aromatic carbocycles. The first kappa shape index (κ1) is 29.5.